The molecule has 0 aliphatic heterocycles. The van der Waals surface area contributed by atoms with Crippen molar-refractivity contribution in [2.24, 2.45) is 0 Å². The molecule has 2 aliphatic carbocycles. The van der Waals surface area contributed by atoms with E-state index in [9.17, 15) is 0 Å². The van der Waals surface area contributed by atoms with Crippen LogP contribution in [0.15, 0.2) is 346 Å². The molecule has 0 saturated carbocycles. The minimum atomic E-state index is 0.868. The number of hydrogen-bond donors (Lipinski definition) is 0. The lowest BCUT2D eigenvalue weighted by atomic mass is 9.74. The van der Waals surface area contributed by atoms with Crippen molar-refractivity contribution >= 4 is 92.5 Å². The molecule has 0 bridgehead atoms. The Kier molecular flexibility index (Phi) is 12.3. The summed E-state index contributed by atoms with van der Waals surface area (Å²) in [6, 6.07) is 128. The highest BCUT2D eigenvalue weighted by atomic mass is 15.2. The van der Waals surface area contributed by atoms with Crippen LogP contribution in [0.2, 0.25) is 0 Å². The van der Waals surface area contributed by atoms with E-state index in [1.807, 2.05) is 0 Å². The molecule has 15 aromatic carbocycles. The number of nitrogens with zero attached hydrogens (tertiary/aromatic N) is 3. The summed E-state index contributed by atoms with van der Waals surface area (Å²) in [6.07, 6.45) is 0. The van der Waals surface area contributed by atoms with Crippen LogP contribution in [0.25, 0.3) is 187 Å². The second-order valence-corrected chi connectivity index (χ2v) is 24.8. The number of imidazole rings is 2. The van der Waals surface area contributed by atoms with E-state index in [2.05, 4.69) is 355 Å². The fourth-order valence-electron chi connectivity index (χ4n) is 15.7. The Morgan fingerprint density at radius 1 is 0.181 bits per heavy atom. The monoisotopic (exact) mass is 1190 g/mol. The van der Waals surface area contributed by atoms with Crippen molar-refractivity contribution < 1.29 is 0 Å². The molecule has 19 rings (SSSR count). The van der Waals surface area contributed by atoms with Crippen LogP contribution in [0.3, 0.4) is 0 Å². The zero-order chi connectivity index (χ0) is 61.8. The first-order valence-electron chi connectivity index (χ1n) is 32.4. The summed E-state index contributed by atoms with van der Waals surface area (Å²) < 4.78 is 4.66. The Balaban J connectivity index is 0.936. The van der Waals surface area contributed by atoms with Crippen LogP contribution >= 0.6 is 0 Å². The molecule has 3 nitrogen and oxygen atoms in total. The van der Waals surface area contributed by atoms with E-state index < -0.39 is 0 Å². The molecule has 436 valence electrons. The Morgan fingerprint density at radius 2 is 0.500 bits per heavy atom. The highest BCUT2D eigenvalue weighted by Crippen LogP contribution is 2.57. The van der Waals surface area contributed by atoms with Crippen LogP contribution in [-0.4, -0.2) is 14.0 Å². The number of aromatic nitrogens is 3. The first kappa shape index (κ1) is 53.4. The molecule has 17 aromatic rings. The Hall–Kier alpha value is -12.4. The Labute approximate surface area is 543 Å². The van der Waals surface area contributed by atoms with Crippen LogP contribution in [0, 0.1) is 0 Å². The summed E-state index contributed by atoms with van der Waals surface area (Å²) in [7, 11) is 0. The quantitative estimate of drug-likeness (QED) is 0.149. The predicted molar refractivity (Wildman–Crippen MR) is 398 cm³/mol. The van der Waals surface area contributed by atoms with Gasteiger partial charge in [0.1, 0.15) is 0 Å². The fraction of sp³-hybridized carbons (Fsp3) is 0. The van der Waals surface area contributed by atoms with E-state index in [1.165, 1.54) is 86.9 Å². The van der Waals surface area contributed by atoms with Crippen molar-refractivity contribution in [2.75, 3.05) is 0 Å². The second-order valence-electron chi connectivity index (χ2n) is 24.8. The molecule has 0 atom stereocenters. The van der Waals surface area contributed by atoms with Gasteiger partial charge in [0.25, 0.3) is 0 Å². The fourth-order valence-corrected chi connectivity index (χ4v) is 15.7. The lowest BCUT2D eigenvalue weighted by Crippen LogP contribution is -2.03. The summed E-state index contributed by atoms with van der Waals surface area (Å²) >= 11 is 0. The predicted octanol–water partition coefficient (Wildman–Crippen LogP) is 24.7. The molecule has 0 saturated heterocycles. The summed E-state index contributed by atoms with van der Waals surface area (Å²) in [5, 5.41) is 14.7. The molecule has 0 spiro atoms. The maximum atomic E-state index is 5.38. The van der Waals surface area contributed by atoms with Gasteiger partial charge in [-0.25, -0.2) is 4.98 Å². The van der Waals surface area contributed by atoms with Crippen LogP contribution in [0.4, 0.5) is 0 Å². The number of para-hydroxylation sites is 4. The van der Waals surface area contributed by atoms with Gasteiger partial charge < -0.3 is 0 Å². The SMILES string of the molecule is c1ccc(-c2c(-c3ccccc3)c(-c3ccccc3)c(-c3cccc(-n4c5ccccc5n5c6ccccc6nc45)c3)c(-c3cccc(-c4ccc5c6cccc7c6-c6c(cccc6c6ccccc6c5c4)c4ccccc4c4ccccc74)c3)c2-c2ccccc2)cc1. The average Bonchev–Trinajstić information content (AvgIpc) is 0.817. The van der Waals surface area contributed by atoms with Gasteiger partial charge in [0, 0.05) is 5.69 Å². The summed E-state index contributed by atoms with van der Waals surface area (Å²) in [6.45, 7) is 0. The highest BCUT2D eigenvalue weighted by Gasteiger charge is 2.30. The smallest absolute Gasteiger partial charge is 0.220 e. The zero-order valence-electron chi connectivity index (χ0n) is 51.3. The molecule has 2 aliphatic rings. The third-order valence-corrected chi connectivity index (χ3v) is 19.7. The van der Waals surface area contributed by atoms with E-state index >= 15 is 0 Å². The van der Waals surface area contributed by atoms with Gasteiger partial charge in [0.15, 0.2) is 0 Å². The normalized spacial score (nSPS) is 11.8. The van der Waals surface area contributed by atoms with E-state index in [-0.39, 0.29) is 0 Å². The molecule has 0 unspecified atom stereocenters. The summed E-state index contributed by atoms with van der Waals surface area (Å²) in [5.41, 5.74) is 23.7. The number of hydrogen-bond acceptors (Lipinski definition) is 1. The van der Waals surface area contributed by atoms with Gasteiger partial charge in [-0.05, 0) is 202 Å². The number of benzene rings is 15. The lowest BCUT2D eigenvalue weighted by Gasteiger charge is -2.29. The Morgan fingerprint density at radius 3 is 0.989 bits per heavy atom. The van der Waals surface area contributed by atoms with Gasteiger partial charge in [0.2, 0.25) is 5.78 Å². The topological polar surface area (TPSA) is 22.2 Å². The molecule has 94 heavy (non-hydrogen) atoms. The van der Waals surface area contributed by atoms with Gasteiger partial charge >= 0.3 is 0 Å². The standard InChI is InChI=1S/C91H57N3/c1-5-27-58(28-6-1)83-84(59-29-7-2-8-30-59)86(61-33-11-4-12-34-61)88(65-37-24-38-66(56-65)93-81-51-21-22-52-82(81)94-80-50-20-19-49-79(80)92-91(93)94)87(85(83)60-31-9-3-10-32-60)64-36-23-35-62(55-64)63-53-54-73-77-48-26-46-75-70-42-16-14-40-68(70)67-39-13-15-41-69(67)74-45-25-47-76(89(74)90(75)77)71-43-17-18-44-72(71)78(73)57-63/h1-57H. The third-order valence-electron chi connectivity index (χ3n) is 19.7. The molecule has 0 fully saturated rings. The van der Waals surface area contributed by atoms with Gasteiger partial charge in [-0.2, -0.15) is 0 Å². The average molecular weight is 1190 g/mol. The minimum absolute atomic E-state index is 0.868. The van der Waals surface area contributed by atoms with Gasteiger partial charge in [0.05, 0.1) is 22.1 Å². The van der Waals surface area contributed by atoms with Gasteiger partial charge in [-0.3, -0.25) is 8.97 Å². The maximum Gasteiger partial charge on any atom is 0.220 e. The maximum absolute atomic E-state index is 5.38. The molecule has 2 aromatic heterocycles. The second kappa shape index (κ2) is 21.6. The van der Waals surface area contributed by atoms with Gasteiger partial charge in [-0.15, -0.1) is 0 Å². The van der Waals surface area contributed by atoms with Crippen LogP contribution < -0.4 is 0 Å². The van der Waals surface area contributed by atoms with E-state index in [0.29, 0.717) is 0 Å². The van der Waals surface area contributed by atoms with Crippen LogP contribution in [0.1, 0.15) is 0 Å². The molecule has 0 N–H and O–H groups in total. The molecule has 0 radical (unpaired) electrons. The van der Waals surface area contributed by atoms with Crippen molar-refractivity contribution in [2.45, 2.75) is 0 Å². The number of rotatable bonds is 8. The van der Waals surface area contributed by atoms with Crippen molar-refractivity contribution in [3.63, 3.8) is 0 Å². The molecule has 3 heteroatoms. The van der Waals surface area contributed by atoms with E-state index in [4.69, 9.17) is 4.98 Å². The van der Waals surface area contributed by atoms with Gasteiger partial charge in [-0.1, -0.05) is 297 Å². The highest BCUT2D eigenvalue weighted by molar-refractivity contribution is 6.32. The Bertz CT molecular complexity index is 6260. The molecular weight excluding hydrogens is 1140 g/mol. The minimum Gasteiger partial charge on any atom is -0.278 e. The first-order valence-corrected chi connectivity index (χ1v) is 32.4. The largest absolute Gasteiger partial charge is 0.278 e. The van der Waals surface area contributed by atoms with Crippen molar-refractivity contribution in [1.29, 1.82) is 0 Å². The van der Waals surface area contributed by atoms with Crippen molar-refractivity contribution in [1.82, 2.24) is 14.0 Å². The van der Waals surface area contributed by atoms with Crippen molar-refractivity contribution in [3.05, 3.63) is 346 Å². The third kappa shape index (κ3) is 8.28. The zero-order valence-corrected chi connectivity index (χ0v) is 51.3. The molecule has 0 amide bonds. The van der Waals surface area contributed by atoms with Crippen LogP contribution in [-0.2, 0) is 0 Å². The first-order chi connectivity index (χ1) is 46.7. The lowest BCUT2D eigenvalue weighted by molar-refractivity contribution is 1.11. The van der Waals surface area contributed by atoms with E-state index in [1.54, 1.807) is 0 Å². The molecule has 2 heterocycles. The van der Waals surface area contributed by atoms with Crippen molar-refractivity contribution in [3.8, 4) is 94.7 Å². The summed E-state index contributed by atoms with van der Waals surface area (Å²) in [4.78, 5) is 5.38. The summed E-state index contributed by atoms with van der Waals surface area (Å²) in [5.74, 6) is 0.868. The van der Waals surface area contributed by atoms with E-state index in [0.717, 1.165) is 100 Å². The number of fused-ring (bicyclic) bond motifs is 15. The van der Waals surface area contributed by atoms with Crippen LogP contribution in [0.5, 0.6) is 0 Å². The molecular formula is C91H57N3.